The Balaban J connectivity index is 1.99. The number of primary amides is 1. The quantitative estimate of drug-likeness (QED) is 0.236. The van der Waals surface area contributed by atoms with Crippen LogP contribution in [0, 0.1) is 11.2 Å². The van der Waals surface area contributed by atoms with E-state index >= 15 is 0 Å². The Morgan fingerprint density at radius 3 is 2.45 bits per heavy atom. The van der Waals surface area contributed by atoms with Gasteiger partial charge in [0.15, 0.2) is 0 Å². The fourth-order valence-electron chi connectivity index (χ4n) is 5.48. The summed E-state index contributed by atoms with van der Waals surface area (Å²) in [5.74, 6) is -1.57. The SMILES string of the molecule is CCCN(CCC)C(=O)C1=CC(C(N)=O)=CC(C[C@@H](O)[C@@H](N)Cc2cc(F)cc(Cl)c2)(C(=O)NCc2cccc(OC)c2)C1. The van der Waals surface area contributed by atoms with Crippen LogP contribution in [0.25, 0.3) is 0 Å². The number of amides is 3. The molecule has 11 heteroatoms. The van der Waals surface area contributed by atoms with E-state index in [-0.39, 0.29) is 47.9 Å². The van der Waals surface area contributed by atoms with Gasteiger partial charge >= 0.3 is 0 Å². The lowest BCUT2D eigenvalue weighted by Crippen LogP contribution is -2.48. The number of nitrogens with one attached hydrogen (secondary N) is 1. The maximum Gasteiger partial charge on any atom is 0.249 e. The van der Waals surface area contributed by atoms with Crippen LogP contribution in [0.15, 0.2) is 65.8 Å². The van der Waals surface area contributed by atoms with Gasteiger partial charge < -0.3 is 31.5 Å². The van der Waals surface area contributed by atoms with Gasteiger partial charge in [-0.1, -0.05) is 43.7 Å². The minimum atomic E-state index is -1.55. The van der Waals surface area contributed by atoms with Crippen molar-refractivity contribution >= 4 is 29.3 Å². The molecule has 238 valence electrons. The predicted octanol–water partition coefficient (Wildman–Crippen LogP) is 3.80. The van der Waals surface area contributed by atoms with Gasteiger partial charge in [-0.05, 0) is 79.6 Å². The van der Waals surface area contributed by atoms with Crippen molar-refractivity contribution in [1.82, 2.24) is 10.2 Å². The van der Waals surface area contributed by atoms with Gasteiger partial charge in [0, 0.05) is 41.8 Å². The number of aliphatic hydroxyl groups excluding tert-OH is 1. The number of hydrogen-bond donors (Lipinski definition) is 4. The van der Waals surface area contributed by atoms with Crippen LogP contribution in [0.2, 0.25) is 5.02 Å². The molecule has 44 heavy (non-hydrogen) atoms. The highest BCUT2D eigenvalue weighted by Gasteiger charge is 2.44. The van der Waals surface area contributed by atoms with Crippen LogP contribution in [0.3, 0.4) is 0 Å². The second-order valence-corrected chi connectivity index (χ2v) is 11.6. The number of carbonyl (C=O) groups is 3. The van der Waals surface area contributed by atoms with E-state index in [1.165, 1.54) is 18.2 Å². The molecule has 0 heterocycles. The van der Waals surface area contributed by atoms with E-state index in [2.05, 4.69) is 5.32 Å². The van der Waals surface area contributed by atoms with Crippen molar-refractivity contribution in [3.8, 4) is 5.75 Å². The lowest BCUT2D eigenvalue weighted by Gasteiger charge is -2.37. The molecule has 0 radical (unpaired) electrons. The van der Waals surface area contributed by atoms with Crippen molar-refractivity contribution in [3.63, 3.8) is 0 Å². The number of halogens is 2. The maximum atomic E-state index is 14.1. The minimum Gasteiger partial charge on any atom is -0.497 e. The van der Waals surface area contributed by atoms with Crippen molar-refractivity contribution in [2.75, 3.05) is 20.2 Å². The van der Waals surface area contributed by atoms with E-state index in [1.54, 1.807) is 36.3 Å². The smallest absolute Gasteiger partial charge is 0.249 e. The van der Waals surface area contributed by atoms with Gasteiger partial charge in [0.05, 0.1) is 18.6 Å². The largest absolute Gasteiger partial charge is 0.497 e. The molecule has 9 nitrogen and oxygen atoms in total. The summed E-state index contributed by atoms with van der Waals surface area (Å²) in [6.07, 6.45) is 2.75. The van der Waals surface area contributed by atoms with E-state index in [4.69, 9.17) is 27.8 Å². The predicted molar refractivity (Wildman–Crippen MR) is 168 cm³/mol. The second kappa shape index (κ2) is 15.8. The van der Waals surface area contributed by atoms with Crippen molar-refractivity contribution in [3.05, 3.63) is 87.7 Å². The maximum absolute atomic E-state index is 14.1. The van der Waals surface area contributed by atoms with Crippen LogP contribution in [-0.4, -0.2) is 60.1 Å². The van der Waals surface area contributed by atoms with Gasteiger partial charge in [-0.3, -0.25) is 14.4 Å². The van der Waals surface area contributed by atoms with Crippen LogP contribution in [0.4, 0.5) is 4.39 Å². The van der Waals surface area contributed by atoms with E-state index in [9.17, 15) is 23.9 Å². The first-order valence-electron chi connectivity index (χ1n) is 14.7. The molecule has 1 aliphatic carbocycles. The average Bonchev–Trinajstić information content (AvgIpc) is 2.98. The van der Waals surface area contributed by atoms with Crippen LogP contribution in [0.5, 0.6) is 5.75 Å². The molecule has 6 N–H and O–H groups in total. The summed E-state index contributed by atoms with van der Waals surface area (Å²) in [5, 5.41) is 14.5. The summed E-state index contributed by atoms with van der Waals surface area (Å²) < 4.78 is 19.2. The molecular weight excluding hydrogens is 587 g/mol. The number of benzene rings is 2. The molecule has 3 atom stereocenters. The Morgan fingerprint density at radius 2 is 1.84 bits per heavy atom. The van der Waals surface area contributed by atoms with Gasteiger partial charge in [0.2, 0.25) is 17.7 Å². The molecule has 0 spiro atoms. The summed E-state index contributed by atoms with van der Waals surface area (Å²) >= 11 is 6.00. The Bertz CT molecular complexity index is 1390. The third-order valence-electron chi connectivity index (χ3n) is 7.60. The Morgan fingerprint density at radius 1 is 1.14 bits per heavy atom. The lowest BCUT2D eigenvalue weighted by molar-refractivity contribution is -0.131. The summed E-state index contributed by atoms with van der Waals surface area (Å²) in [5.41, 5.74) is 12.0. The van der Waals surface area contributed by atoms with Gasteiger partial charge in [0.1, 0.15) is 11.6 Å². The molecule has 3 amide bonds. The highest BCUT2D eigenvalue weighted by atomic mass is 35.5. The Hall–Kier alpha value is -3.73. The highest BCUT2D eigenvalue weighted by Crippen LogP contribution is 2.40. The van der Waals surface area contributed by atoms with Gasteiger partial charge in [-0.15, -0.1) is 0 Å². The zero-order valence-corrected chi connectivity index (χ0v) is 26.2. The molecular formula is C33H42ClFN4O5. The van der Waals surface area contributed by atoms with Gasteiger partial charge in [-0.25, -0.2) is 4.39 Å². The minimum absolute atomic E-state index is 0.0123. The first-order chi connectivity index (χ1) is 20.9. The number of aliphatic hydroxyl groups is 1. The highest BCUT2D eigenvalue weighted by molar-refractivity contribution is 6.30. The van der Waals surface area contributed by atoms with Crippen LogP contribution >= 0.6 is 11.6 Å². The number of hydrogen-bond acceptors (Lipinski definition) is 6. The fourth-order valence-corrected chi connectivity index (χ4v) is 5.72. The zero-order valence-electron chi connectivity index (χ0n) is 25.4. The molecule has 2 aromatic carbocycles. The molecule has 3 rings (SSSR count). The molecule has 0 fully saturated rings. The first kappa shape index (κ1) is 34.8. The van der Waals surface area contributed by atoms with E-state index < -0.39 is 35.2 Å². The lowest BCUT2D eigenvalue weighted by atomic mass is 9.70. The van der Waals surface area contributed by atoms with Crippen molar-refractivity contribution in [2.24, 2.45) is 16.9 Å². The van der Waals surface area contributed by atoms with Gasteiger partial charge in [0.25, 0.3) is 0 Å². The third-order valence-corrected chi connectivity index (χ3v) is 7.82. The topological polar surface area (TPSA) is 148 Å². The van der Waals surface area contributed by atoms with E-state index in [0.29, 0.717) is 24.4 Å². The van der Waals surface area contributed by atoms with Crippen molar-refractivity contribution < 1.29 is 28.6 Å². The summed E-state index contributed by atoms with van der Waals surface area (Å²) in [6.45, 7) is 5.03. The number of nitrogens with two attached hydrogens (primary N) is 2. The van der Waals surface area contributed by atoms with Crippen LogP contribution < -0.4 is 21.5 Å². The summed E-state index contributed by atoms with van der Waals surface area (Å²) in [4.78, 5) is 42.0. The molecule has 1 aliphatic rings. The molecule has 0 aliphatic heterocycles. The molecule has 0 saturated carbocycles. The Labute approximate surface area is 263 Å². The van der Waals surface area contributed by atoms with Crippen molar-refractivity contribution in [2.45, 2.75) is 64.6 Å². The molecule has 0 saturated heterocycles. The standard InChI is InChI=1S/C33H42ClFN4O5/c1-4-9-39(10-5-2)31(42)24-15-23(30(37)41)17-33(18-24,32(43)38-20-21-7-6-8-27(13-21)44-3)19-29(40)28(36)14-22-11-25(34)16-26(35)12-22/h6-8,11-13,15-17,28-29,40H,4-5,9-10,14,18-20,36H2,1-3H3,(H2,37,41)(H,38,43)/t28-,29+,33?/m0/s1. The molecule has 0 bridgehead atoms. The van der Waals surface area contributed by atoms with Gasteiger partial charge in [-0.2, -0.15) is 0 Å². The van der Waals surface area contributed by atoms with E-state index in [1.807, 2.05) is 19.9 Å². The molecule has 2 aromatic rings. The summed E-state index contributed by atoms with van der Waals surface area (Å²) in [7, 11) is 1.54. The number of rotatable bonds is 15. The van der Waals surface area contributed by atoms with Crippen molar-refractivity contribution in [1.29, 1.82) is 0 Å². The molecule has 0 aromatic heterocycles. The normalized spacial score (nSPS) is 17.6. The Kier molecular flexibility index (Phi) is 12.5. The van der Waals surface area contributed by atoms with Crippen LogP contribution in [-0.2, 0) is 27.3 Å². The average molecular weight is 629 g/mol. The van der Waals surface area contributed by atoms with Crippen LogP contribution in [0.1, 0.15) is 50.7 Å². The number of methoxy groups -OCH3 is 1. The molecule has 1 unspecified atom stereocenters. The number of ether oxygens (including phenoxy) is 1. The number of carbonyl (C=O) groups excluding carboxylic acids is 3. The third kappa shape index (κ3) is 9.14. The number of nitrogens with zero attached hydrogens (tertiary/aromatic N) is 1. The first-order valence-corrected chi connectivity index (χ1v) is 15.1. The zero-order chi connectivity index (χ0) is 32.4. The van der Waals surface area contributed by atoms with E-state index in [0.717, 1.165) is 24.5 Å². The summed E-state index contributed by atoms with van der Waals surface area (Å²) in [6, 6.07) is 10.2. The second-order valence-electron chi connectivity index (χ2n) is 11.2. The monoisotopic (exact) mass is 628 g/mol. The fraction of sp³-hybridized carbons (Fsp3) is 0.424.